The van der Waals surface area contributed by atoms with E-state index in [1.807, 2.05) is 12.1 Å². The Hall–Kier alpha value is -2.89. The SMILES string of the molecule is Cc1cc([N+](=O)[O-])ccc1NC(=O)CCN1CCCc2ccccc21. The Morgan fingerprint density at radius 2 is 2.08 bits per heavy atom. The zero-order valence-electron chi connectivity index (χ0n) is 14.2. The maximum Gasteiger partial charge on any atom is 0.269 e. The molecule has 0 saturated heterocycles. The lowest BCUT2D eigenvalue weighted by Crippen LogP contribution is -2.32. The standard InChI is InChI=1S/C19H21N3O3/c1-14-13-16(22(24)25)8-9-17(14)20-19(23)10-12-21-11-4-6-15-5-2-3-7-18(15)21/h2-3,5,7-9,13H,4,6,10-12H2,1H3,(H,20,23). The number of carbonyl (C=O) groups is 1. The summed E-state index contributed by atoms with van der Waals surface area (Å²) < 4.78 is 0. The Kier molecular flexibility index (Phi) is 4.97. The maximum absolute atomic E-state index is 12.3. The van der Waals surface area contributed by atoms with Crippen molar-refractivity contribution in [3.05, 3.63) is 63.7 Å². The summed E-state index contributed by atoms with van der Waals surface area (Å²) in [6.07, 6.45) is 2.56. The molecule has 0 fully saturated rings. The fourth-order valence-electron chi connectivity index (χ4n) is 3.19. The predicted octanol–water partition coefficient (Wildman–Crippen LogP) is 3.68. The van der Waals surface area contributed by atoms with Gasteiger partial charge >= 0.3 is 0 Å². The topological polar surface area (TPSA) is 75.5 Å². The summed E-state index contributed by atoms with van der Waals surface area (Å²) in [5.41, 5.74) is 3.88. The number of nitro groups is 1. The van der Waals surface area contributed by atoms with E-state index in [1.165, 1.54) is 23.4 Å². The van der Waals surface area contributed by atoms with E-state index in [2.05, 4.69) is 22.3 Å². The van der Waals surface area contributed by atoms with Gasteiger partial charge in [0.2, 0.25) is 5.91 Å². The largest absolute Gasteiger partial charge is 0.371 e. The molecule has 1 N–H and O–H groups in total. The van der Waals surface area contributed by atoms with E-state index in [1.54, 1.807) is 13.0 Å². The molecule has 0 radical (unpaired) electrons. The van der Waals surface area contributed by atoms with Gasteiger partial charge in [0.1, 0.15) is 0 Å². The Labute approximate surface area is 146 Å². The first-order chi connectivity index (χ1) is 12.0. The third kappa shape index (κ3) is 3.96. The number of amides is 1. The second-order valence-corrected chi connectivity index (χ2v) is 6.27. The number of carbonyl (C=O) groups excluding carboxylic acids is 1. The van der Waals surface area contributed by atoms with Crippen molar-refractivity contribution in [3.63, 3.8) is 0 Å². The van der Waals surface area contributed by atoms with Crippen molar-refractivity contribution >= 4 is 23.0 Å². The van der Waals surface area contributed by atoms with Gasteiger partial charge in [0.15, 0.2) is 0 Å². The lowest BCUT2D eigenvalue weighted by molar-refractivity contribution is -0.384. The highest BCUT2D eigenvalue weighted by Crippen LogP contribution is 2.27. The van der Waals surface area contributed by atoms with E-state index < -0.39 is 4.92 Å². The summed E-state index contributed by atoms with van der Waals surface area (Å²) in [5.74, 6) is -0.0833. The van der Waals surface area contributed by atoms with Gasteiger partial charge in [0.05, 0.1) is 4.92 Å². The first-order valence-corrected chi connectivity index (χ1v) is 8.42. The highest BCUT2D eigenvalue weighted by atomic mass is 16.6. The van der Waals surface area contributed by atoms with Crippen molar-refractivity contribution in [2.75, 3.05) is 23.3 Å². The number of benzene rings is 2. The van der Waals surface area contributed by atoms with Crippen molar-refractivity contribution in [3.8, 4) is 0 Å². The van der Waals surface area contributed by atoms with Gasteiger partial charge in [0.25, 0.3) is 5.69 Å². The molecule has 1 heterocycles. The van der Waals surface area contributed by atoms with E-state index in [0.29, 0.717) is 24.2 Å². The minimum Gasteiger partial charge on any atom is -0.371 e. The average Bonchev–Trinajstić information content (AvgIpc) is 2.61. The summed E-state index contributed by atoms with van der Waals surface area (Å²) >= 11 is 0. The normalized spacial score (nSPS) is 13.2. The monoisotopic (exact) mass is 339 g/mol. The van der Waals surface area contributed by atoms with Crippen LogP contribution in [0.1, 0.15) is 24.0 Å². The molecule has 6 nitrogen and oxygen atoms in total. The smallest absolute Gasteiger partial charge is 0.269 e. The zero-order valence-corrected chi connectivity index (χ0v) is 14.2. The van der Waals surface area contributed by atoms with Crippen LogP contribution in [0.5, 0.6) is 0 Å². The van der Waals surface area contributed by atoms with Crippen molar-refractivity contribution < 1.29 is 9.72 Å². The van der Waals surface area contributed by atoms with Crippen LogP contribution in [0.15, 0.2) is 42.5 Å². The Bertz CT molecular complexity index is 804. The van der Waals surface area contributed by atoms with E-state index in [0.717, 1.165) is 19.4 Å². The van der Waals surface area contributed by atoms with Gasteiger partial charge in [-0.05, 0) is 43.0 Å². The van der Waals surface area contributed by atoms with Crippen molar-refractivity contribution in [1.29, 1.82) is 0 Å². The first kappa shape index (κ1) is 17.0. The van der Waals surface area contributed by atoms with Gasteiger partial charge in [-0.2, -0.15) is 0 Å². The van der Waals surface area contributed by atoms with Crippen LogP contribution in [-0.2, 0) is 11.2 Å². The van der Waals surface area contributed by atoms with Crippen LogP contribution in [-0.4, -0.2) is 23.9 Å². The van der Waals surface area contributed by atoms with Gasteiger partial charge in [-0.3, -0.25) is 14.9 Å². The molecule has 1 aliphatic heterocycles. The van der Waals surface area contributed by atoms with Crippen LogP contribution in [0, 0.1) is 17.0 Å². The number of para-hydroxylation sites is 1. The van der Waals surface area contributed by atoms with E-state index in [4.69, 9.17) is 0 Å². The van der Waals surface area contributed by atoms with E-state index in [9.17, 15) is 14.9 Å². The van der Waals surface area contributed by atoms with Gasteiger partial charge in [-0.1, -0.05) is 18.2 Å². The number of hydrogen-bond acceptors (Lipinski definition) is 4. The molecule has 0 atom stereocenters. The van der Waals surface area contributed by atoms with E-state index >= 15 is 0 Å². The minimum atomic E-state index is -0.438. The van der Waals surface area contributed by atoms with Gasteiger partial charge in [-0.15, -0.1) is 0 Å². The number of rotatable bonds is 5. The van der Waals surface area contributed by atoms with Gasteiger partial charge in [-0.25, -0.2) is 0 Å². The van der Waals surface area contributed by atoms with Crippen LogP contribution in [0.2, 0.25) is 0 Å². The molecule has 2 aromatic carbocycles. The molecule has 0 bridgehead atoms. The molecule has 0 aliphatic carbocycles. The summed E-state index contributed by atoms with van der Waals surface area (Å²) in [4.78, 5) is 24.9. The molecule has 6 heteroatoms. The Balaban J connectivity index is 1.60. The number of nitrogens with zero attached hydrogens (tertiary/aromatic N) is 2. The highest BCUT2D eigenvalue weighted by molar-refractivity contribution is 5.92. The molecule has 0 unspecified atom stereocenters. The molecule has 0 saturated carbocycles. The molecule has 0 spiro atoms. The van der Waals surface area contributed by atoms with Gasteiger partial charge in [0, 0.05) is 43.0 Å². The average molecular weight is 339 g/mol. The first-order valence-electron chi connectivity index (χ1n) is 8.42. The summed E-state index contributed by atoms with van der Waals surface area (Å²) in [6.45, 7) is 3.37. The summed E-state index contributed by atoms with van der Waals surface area (Å²) in [6, 6.07) is 12.8. The molecular formula is C19H21N3O3. The number of nitro benzene ring substituents is 1. The number of anilines is 2. The number of nitrogens with one attached hydrogen (secondary N) is 1. The number of aryl methyl sites for hydroxylation is 2. The lowest BCUT2D eigenvalue weighted by Gasteiger charge is -2.31. The molecule has 0 aromatic heterocycles. The Morgan fingerprint density at radius 3 is 2.84 bits per heavy atom. The number of fused-ring (bicyclic) bond motifs is 1. The Morgan fingerprint density at radius 1 is 1.28 bits per heavy atom. The summed E-state index contributed by atoms with van der Waals surface area (Å²) in [7, 11) is 0. The second-order valence-electron chi connectivity index (χ2n) is 6.27. The van der Waals surface area contributed by atoms with Gasteiger partial charge < -0.3 is 10.2 Å². The third-order valence-electron chi connectivity index (χ3n) is 4.51. The lowest BCUT2D eigenvalue weighted by atomic mass is 10.0. The minimum absolute atomic E-state index is 0.0282. The van der Waals surface area contributed by atoms with E-state index in [-0.39, 0.29) is 11.6 Å². The van der Waals surface area contributed by atoms with Crippen molar-refractivity contribution in [1.82, 2.24) is 0 Å². The molecule has 25 heavy (non-hydrogen) atoms. The predicted molar refractivity (Wildman–Crippen MR) is 98.1 cm³/mol. The summed E-state index contributed by atoms with van der Waals surface area (Å²) in [5, 5.41) is 13.6. The van der Waals surface area contributed by atoms with Crippen LogP contribution < -0.4 is 10.2 Å². The quantitative estimate of drug-likeness (QED) is 0.666. The third-order valence-corrected chi connectivity index (χ3v) is 4.51. The molecular weight excluding hydrogens is 318 g/mol. The van der Waals surface area contributed by atoms with Crippen molar-refractivity contribution in [2.45, 2.75) is 26.2 Å². The fraction of sp³-hybridized carbons (Fsp3) is 0.316. The maximum atomic E-state index is 12.3. The molecule has 130 valence electrons. The van der Waals surface area contributed by atoms with Crippen LogP contribution in [0.4, 0.5) is 17.1 Å². The van der Waals surface area contributed by atoms with Crippen LogP contribution in [0.3, 0.4) is 0 Å². The number of hydrogen-bond donors (Lipinski definition) is 1. The molecule has 1 amide bonds. The fourth-order valence-corrected chi connectivity index (χ4v) is 3.19. The van der Waals surface area contributed by atoms with Crippen molar-refractivity contribution in [2.24, 2.45) is 0 Å². The zero-order chi connectivity index (χ0) is 17.8. The second kappa shape index (κ2) is 7.34. The van der Waals surface area contributed by atoms with Crippen LogP contribution >= 0.6 is 0 Å². The molecule has 2 aromatic rings. The highest BCUT2D eigenvalue weighted by Gasteiger charge is 2.17. The van der Waals surface area contributed by atoms with Crippen LogP contribution in [0.25, 0.3) is 0 Å². The molecule has 1 aliphatic rings. The number of non-ortho nitro benzene ring substituents is 1. The molecule has 3 rings (SSSR count).